The summed E-state index contributed by atoms with van der Waals surface area (Å²) in [6.07, 6.45) is 0.947. The molecule has 112 valence electrons. The van der Waals surface area contributed by atoms with Crippen LogP contribution in [0.1, 0.15) is 35.2 Å². The molecule has 0 radical (unpaired) electrons. The second kappa shape index (κ2) is 7.44. The smallest absolute Gasteiger partial charge is 0.0595 e. The van der Waals surface area contributed by atoms with Gasteiger partial charge in [-0.2, -0.15) is 0 Å². The molecule has 0 bridgehead atoms. The first-order valence-electron chi connectivity index (χ1n) is 7.27. The van der Waals surface area contributed by atoms with Gasteiger partial charge in [-0.15, -0.1) is 0 Å². The van der Waals surface area contributed by atoms with Crippen molar-refractivity contribution in [3.8, 4) is 0 Å². The van der Waals surface area contributed by atoms with Gasteiger partial charge >= 0.3 is 0 Å². The summed E-state index contributed by atoms with van der Waals surface area (Å²) < 4.78 is 0.950. The zero-order valence-electron chi connectivity index (χ0n) is 12.7. The Morgan fingerprint density at radius 2 is 1.71 bits per heavy atom. The maximum Gasteiger partial charge on any atom is 0.0595 e. The molecule has 0 aliphatic rings. The van der Waals surface area contributed by atoms with E-state index in [-0.39, 0.29) is 6.04 Å². The highest BCUT2D eigenvalue weighted by Crippen LogP contribution is 2.32. The normalized spacial score (nSPS) is 12.4. The molecule has 1 nitrogen and oxygen atoms in total. The van der Waals surface area contributed by atoms with Gasteiger partial charge < -0.3 is 5.32 Å². The molecule has 2 aromatic rings. The molecule has 0 saturated carbocycles. The first-order chi connectivity index (χ1) is 10.0. The fourth-order valence-corrected chi connectivity index (χ4v) is 3.34. The van der Waals surface area contributed by atoms with Gasteiger partial charge in [0.15, 0.2) is 0 Å². The van der Waals surface area contributed by atoms with E-state index >= 15 is 0 Å². The largest absolute Gasteiger partial charge is 0.310 e. The Bertz CT molecular complexity index is 604. The van der Waals surface area contributed by atoms with Gasteiger partial charge in [-0.25, -0.2) is 0 Å². The van der Waals surface area contributed by atoms with Crippen LogP contribution in [0.4, 0.5) is 0 Å². The van der Waals surface area contributed by atoms with E-state index in [1.807, 2.05) is 12.1 Å². The van der Waals surface area contributed by atoms with E-state index in [9.17, 15) is 0 Å². The number of halogens is 2. The van der Waals surface area contributed by atoms with E-state index in [4.69, 9.17) is 11.6 Å². The number of nitrogens with one attached hydrogen (secondary N) is 1. The predicted octanol–water partition coefficient (Wildman–Crippen LogP) is 5.61. The summed E-state index contributed by atoms with van der Waals surface area (Å²) in [5, 5.41) is 4.37. The Morgan fingerprint density at radius 3 is 2.33 bits per heavy atom. The van der Waals surface area contributed by atoms with E-state index < -0.39 is 0 Å². The molecule has 0 spiro atoms. The fourth-order valence-electron chi connectivity index (χ4n) is 2.70. The van der Waals surface area contributed by atoms with Crippen LogP contribution in [-0.4, -0.2) is 6.54 Å². The molecule has 0 aromatic heterocycles. The van der Waals surface area contributed by atoms with Gasteiger partial charge in [0.1, 0.15) is 0 Å². The van der Waals surface area contributed by atoms with Crippen molar-refractivity contribution in [1.29, 1.82) is 0 Å². The van der Waals surface area contributed by atoms with Gasteiger partial charge in [0.25, 0.3) is 0 Å². The first-order valence-corrected chi connectivity index (χ1v) is 8.44. The van der Waals surface area contributed by atoms with Crippen molar-refractivity contribution in [2.24, 2.45) is 0 Å². The van der Waals surface area contributed by atoms with Gasteiger partial charge in [0.2, 0.25) is 0 Å². The minimum Gasteiger partial charge on any atom is -0.310 e. The molecule has 0 aliphatic carbocycles. The summed E-state index contributed by atoms with van der Waals surface area (Å²) in [7, 11) is 0. The third-order valence-electron chi connectivity index (χ3n) is 3.86. The molecule has 0 fully saturated rings. The zero-order valence-corrected chi connectivity index (χ0v) is 15.1. The van der Waals surface area contributed by atoms with Crippen molar-refractivity contribution in [2.45, 2.75) is 33.2 Å². The number of aryl methyl sites for hydroxylation is 2. The molecule has 2 rings (SSSR count). The molecule has 1 N–H and O–H groups in total. The van der Waals surface area contributed by atoms with Crippen LogP contribution in [0.25, 0.3) is 0 Å². The lowest BCUT2D eigenvalue weighted by atomic mass is 9.93. The quantitative estimate of drug-likeness (QED) is 0.725. The van der Waals surface area contributed by atoms with Crippen molar-refractivity contribution in [3.05, 3.63) is 68.1 Å². The number of rotatable bonds is 5. The number of likely N-dealkylation sites (N-methyl/N-ethyl adjacent to an activating group) is 1. The molecule has 3 heteroatoms. The van der Waals surface area contributed by atoms with E-state index in [0.29, 0.717) is 0 Å². The molecule has 1 atom stereocenters. The van der Waals surface area contributed by atoms with E-state index in [1.165, 1.54) is 16.7 Å². The van der Waals surface area contributed by atoms with Gasteiger partial charge in [0, 0.05) is 10.5 Å². The second-order valence-corrected chi connectivity index (χ2v) is 6.56. The fraction of sp³-hybridized carbons (Fsp3) is 0.333. The number of hydrogen-bond donors (Lipinski definition) is 1. The molecule has 21 heavy (non-hydrogen) atoms. The summed E-state index contributed by atoms with van der Waals surface area (Å²) in [6, 6.07) is 12.8. The highest BCUT2D eigenvalue weighted by atomic mass is 79.9. The number of benzene rings is 2. The first kappa shape index (κ1) is 16.5. The molecule has 2 aromatic carbocycles. The van der Waals surface area contributed by atoms with E-state index in [1.54, 1.807) is 0 Å². The van der Waals surface area contributed by atoms with Crippen LogP contribution in [-0.2, 0) is 6.42 Å². The Morgan fingerprint density at radius 1 is 1.10 bits per heavy atom. The van der Waals surface area contributed by atoms with Crippen LogP contribution in [0.5, 0.6) is 0 Å². The molecular weight excluding hydrogens is 346 g/mol. The Kier molecular flexibility index (Phi) is 5.86. The standard InChI is InChI=1S/C18H21BrClN/c1-4-21-17(14-9-6-10-16(19)18(14)20)11-15-12(2)7-5-8-13(15)3/h5-10,17,21H,4,11H2,1-3H3. The van der Waals surface area contributed by atoms with Gasteiger partial charge in [-0.05, 0) is 71.1 Å². The summed E-state index contributed by atoms with van der Waals surface area (Å²) in [5.41, 5.74) is 5.23. The monoisotopic (exact) mass is 365 g/mol. The Hall–Kier alpha value is -0.830. The maximum atomic E-state index is 6.48. The second-order valence-electron chi connectivity index (χ2n) is 5.33. The lowest BCUT2D eigenvalue weighted by Crippen LogP contribution is -2.24. The van der Waals surface area contributed by atoms with Crippen LogP contribution in [0, 0.1) is 13.8 Å². The average Bonchev–Trinajstić information content (AvgIpc) is 2.45. The average molecular weight is 367 g/mol. The van der Waals surface area contributed by atoms with Crippen LogP contribution < -0.4 is 5.32 Å². The summed E-state index contributed by atoms with van der Waals surface area (Å²) in [6.45, 7) is 7.39. The van der Waals surface area contributed by atoms with Crippen molar-refractivity contribution < 1.29 is 0 Å². The molecule has 1 unspecified atom stereocenters. The topological polar surface area (TPSA) is 12.0 Å². The van der Waals surface area contributed by atoms with Gasteiger partial charge in [-0.3, -0.25) is 0 Å². The predicted molar refractivity (Wildman–Crippen MR) is 95.2 cm³/mol. The van der Waals surface area contributed by atoms with Crippen molar-refractivity contribution in [3.63, 3.8) is 0 Å². The molecule has 0 saturated heterocycles. The van der Waals surface area contributed by atoms with Crippen molar-refractivity contribution in [1.82, 2.24) is 5.32 Å². The minimum atomic E-state index is 0.222. The maximum absolute atomic E-state index is 6.48. The summed E-state index contributed by atoms with van der Waals surface area (Å²) >= 11 is 10.0. The van der Waals surface area contributed by atoms with Gasteiger partial charge in [-0.1, -0.05) is 48.9 Å². The van der Waals surface area contributed by atoms with Crippen LogP contribution in [0.2, 0.25) is 5.02 Å². The number of hydrogen-bond acceptors (Lipinski definition) is 1. The lowest BCUT2D eigenvalue weighted by Gasteiger charge is -2.22. The van der Waals surface area contributed by atoms with Crippen LogP contribution in [0.3, 0.4) is 0 Å². The molecular formula is C18H21BrClN. The summed E-state index contributed by atoms with van der Waals surface area (Å²) in [5.74, 6) is 0. The minimum absolute atomic E-state index is 0.222. The third-order valence-corrected chi connectivity index (χ3v) is 5.17. The zero-order chi connectivity index (χ0) is 15.4. The van der Waals surface area contributed by atoms with E-state index in [0.717, 1.165) is 28.0 Å². The Labute approximate surface area is 140 Å². The third kappa shape index (κ3) is 3.88. The SMILES string of the molecule is CCNC(Cc1c(C)cccc1C)c1cccc(Br)c1Cl. The van der Waals surface area contributed by atoms with Gasteiger partial charge in [0.05, 0.1) is 5.02 Å². The van der Waals surface area contributed by atoms with Crippen LogP contribution >= 0.6 is 27.5 Å². The molecule has 0 amide bonds. The molecule has 0 heterocycles. The highest BCUT2D eigenvalue weighted by Gasteiger charge is 2.17. The molecule has 0 aliphatic heterocycles. The van der Waals surface area contributed by atoms with Crippen LogP contribution in [0.15, 0.2) is 40.9 Å². The van der Waals surface area contributed by atoms with E-state index in [2.05, 4.69) is 66.3 Å². The van der Waals surface area contributed by atoms with Crippen molar-refractivity contribution >= 4 is 27.5 Å². The summed E-state index contributed by atoms with van der Waals surface area (Å²) in [4.78, 5) is 0. The lowest BCUT2D eigenvalue weighted by molar-refractivity contribution is 0.547. The Balaban J connectivity index is 2.38. The highest BCUT2D eigenvalue weighted by molar-refractivity contribution is 9.10. The van der Waals surface area contributed by atoms with Crippen molar-refractivity contribution in [2.75, 3.05) is 6.54 Å².